The Balaban J connectivity index is 1.56. The Labute approximate surface area is 173 Å². The van der Waals surface area contributed by atoms with Crippen LogP contribution in [0.15, 0.2) is 40.3 Å². The average Bonchev–Trinajstić information content (AvgIpc) is 3.12. The number of nitrogens with one attached hydrogen (secondary N) is 1. The number of aromatic nitrogens is 1. The lowest BCUT2D eigenvalue weighted by Crippen LogP contribution is -2.40. The second kappa shape index (κ2) is 8.10. The topological polar surface area (TPSA) is 80.6 Å². The fourth-order valence-corrected chi connectivity index (χ4v) is 6.17. The van der Waals surface area contributed by atoms with Crippen LogP contribution >= 0.6 is 11.8 Å². The van der Waals surface area contributed by atoms with E-state index in [9.17, 15) is 17.6 Å². The van der Waals surface area contributed by atoms with Gasteiger partial charge in [-0.15, -0.1) is 11.8 Å². The maximum Gasteiger partial charge on any atom is 0.268 e. The van der Waals surface area contributed by atoms with Crippen LogP contribution in [-0.4, -0.2) is 55.3 Å². The number of rotatable bonds is 4. The highest BCUT2D eigenvalue weighted by Gasteiger charge is 2.30. The first-order chi connectivity index (χ1) is 13.9. The molecule has 1 atom stereocenters. The number of fused-ring (bicyclic) bond motifs is 1. The highest BCUT2D eigenvalue weighted by atomic mass is 32.2. The first-order valence-electron chi connectivity index (χ1n) is 9.33. The van der Waals surface area contributed by atoms with Crippen molar-refractivity contribution in [2.75, 3.05) is 32.1 Å². The van der Waals surface area contributed by atoms with Gasteiger partial charge < -0.3 is 14.6 Å². The fourth-order valence-electron chi connectivity index (χ4n) is 3.58. The van der Waals surface area contributed by atoms with Gasteiger partial charge in [0, 0.05) is 37.0 Å². The number of carbonyl (C=O) groups is 1. The lowest BCUT2D eigenvalue weighted by atomic mass is 10.0. The molecule has 4 rings (SSSR count). The van der Waals surface area contributed by atoms with Crippen molar-refractivity contribution in [2.45, 2.75) is 22.3 Å². The van der Waals surface area contributed by atoms with E-state index in [1.54, 1.807) is 24.9 Å². The summed E-state index contributed by atoms with van der Waals surface area (Å²) >= 11 is 1.63. The predicted molar refractivity (Wildman–Crippen MR) is 107 cm³/mol. The molecule has 1 fully saturated rings. The Bertz CT molecular complexity index is 1030. The van der Waals surface area contributed by atoms with Crippen LogP contribution in [0.25, 0.3) is 0 Å². The Morgan fingerprint density at radius 3 is 2.79 bits per heavy atom. The highest BCUT2D eigenvalue weighted by molar-refractivity contribution is 7.99. The third-order valence-corrected chi connectivity index (χ3v) is 8.12. The molecule has 1 N–H and O–H groups in total. The number of halogens is 1. The van der Waals surface area contributed by atoms with Crippen LogP contribution < -0.4 is 5.32 Å². The minimum absolute atomic E-state index is 0.0812. The summed E-state index contributed by atoms with van der Waals surface area (Å²) in [5.74, 6) is 0.0826. The number of benzene rings is 1. The maximum atomic E-state index is 13.7. The van der Waals surface area contributed by atoms with Crippen molar-refractivity contribution in [3.63, 3.8) is 0 Å². The van der Waals surface area contributed by atoms with Gasteiger partial charge >= 0.3 is 0 Å². The van der Waals surface area contributed by atoms with Gasteiger partial charge in [-0.3, -0.25) is 4.79 Å². The third kappa shape index (κ3) is 4.07. The minimum atomic E-state index is -3.68. The molecule has 0 bridgehead atoms. The normalized spacial score (nSPS) is 20.3. The van der Waals surface area contributed by atoms with Crippen molar-refractivity contribution in [1.29, 1.82) is 0 Å². The van der Waals surface area contributed by atoms with E-state index in [2.05, 4.69) is 5.32 Å². The van der Waals surface area contributed by atoms with E-state index in [1.807, 2.05) is 0 Å². The van der Waals surface area contributed by atoms with E-state index >= 15 is 0 Å². The van der Waals surface area contributed by atoms with Crippen LogP contribution in [0.5, 0.6) is 0 Å². The van der Waals surface area contributed by atoms with Crippen LogP contribution in [0.1, 0.15) is 28.5 Å². The molecule has 1 aromatic heterocycles. The molecule has 1 amide bonds. The zero-order chi connectivity index (χ0) is 20.6. The Morgan fingerprint density at radius 2 is 2.03 bits per heavy atom. The molecule has 1 aromatic carbocycles. The summed E-state index contributed by atoms with van der Waals surface area (Å²) in [6.07, 6.45) is 2.13. The summed E-state index contributed by atoms with van der Waals surface area (Å²) in [6.45, 7) is 1.30. The lowest BCUT2D eigenvalue weighted by Gasteiger charge is -2.26. The van der Waals surface area contributed by atoms with Crippen molar-refractivity contribution in [2.24, 2.45) is 7.05 Å². The average molecular weight is 440 g/mol. The molecule has 7 nitrogen and oxygen atoms in total. The van der Waals surface area contributed by atoms with Crippen LogP contribution in [0.2, 0.25) is 0 Å². The number of nitrogens with zero attached hydrogens (tertiary/aromatic N) is 2. The van der Waals surface area contributed by atoms with Crippen molar-refractivity contribution < 1.29 is 22.3 Å². The zero-order valence-corrected chi connectivity index (χ0v) is 17.6. The van der Waals surface area contributed by atoms with Crippen molar-refractivity contribution in [3.05, 3.63) is 47.5 Å². The predicted octanol–water partition coefficient (Wildman–Crippen LogP) is 2.15. The molecule has 156 valence electrons. The number of aryl methyl sites for hydroxylation is 1. The second-order valence-electron chi connectivity index (χ2n) is 7.03. The van der Waals surface area contributed by atoms with Gasteiger partial charge in [0.05, 0.1) is 19.3 Å². The fraction of sp³-hybridized carbons (Fsp3) is 0.421. The lowest BCUT2D eigenvalue weighted by molar-refractivity contribution is 0.0730. The molecule has 0 saturated carbocycles. The molecule has 2 aromatic rings. The van der Waals surface area contributed by atoms with Gasteiger partial charge in [0.25, 0.3) is 5.91 Å². The number of hydrogen-bond acceptors (Lipinski definition) is 5. The van der Waals surface area contributed by atoms with Gasteiger partial charge in [-0.25, -0.2) is 12.8 Å². The van der Waals surface area contributed by atoms with Gasteiger partial charge in [0.2, 0.25) is 10.0 Å². The number of sulfonamides is 1. The molecule has 10 heteroatoms. The summed E-state index contributed by atoms with van der Waals surface area (Å²) in [6, 6.07) is 5.67. The van der Waals surface area contributed by atoms with Crippen molar-refractivity contribution in [3.8, 4) is 0 Å². The smallest absolute Gasteiger partial charge is 0.268 e. The maximum absolute atomic E-state index is 13.7. The molecular weight excluding hydrogens is 417 g/mol. The molecule has 3 heterocycles. The van der Waals surface area contributed by atoms with Crippen LogP contribution in [0, 0.1) is 5.82 Å². The van der Waals surface area contributed by atoms with Crippen molar-refractivity contribution >= 4 is 27.7 Å². The van der Waals surface area contributed by atoms with E-state index < -0.39 is 10.0 Å². The van der Waals surface area contributed by atoms with E-state index in [4.69, 9.17) is 4.74 Å². The molecule has 29 heavy (non-hydrogen) atoms. The SMILES string of the molecule is Cn1cc(S(=O)(=O)N2CCOCC2)cc1C(=O)N[C@H]1CCSc2ccc(F)cc21. The molecule has 0 unspecified atom stereocenters. The number of amides is 1. The van der Waals surface area contributed by atoms with Gasteiger partial charge in [-0.1, -0.05) is 0 Å². The molecule has 1 saturated heterocycles. The Morgan fingerprint density at radius 1 is 1.28 bits per heavy atom. The highest BCUT2D eigenvalue weighted by Crippen LogP contribution is 2.36. The first-order valence-corrected chi connectivity index (χ1v) is 11.8. The van der Waals surface area contributed by atoms with Crippen LogP contribution in [-0.2, 0) is 21.8 Å². The molecule has 0 radical (unpaired) electrons. The molecule has 2 aliphatic rings. The molecular formula is C19H22FN3O4S2. The summed E-state index contributed by atoms with van der Waals surface area (Å²) in [4.78, 5) is 13.9. The Kier molecular flexibility index (Phi) is 5.69. The Hall–Kier alpha value is -1.88. The molecule has 0 aliphatic carbocycles. The largest absolute Gasteiger partial charge is 0.379 e. The summed E-state index contributed by atoms with van der Waals surface area (Å²) < 4.78 is 47.5. The van der Waals surface area contributed by atoms with Gasteiger partial charge in [0.1, 0.15) is 16.4 Å². The summed E-state index contributed by atoms with van der Waals surface area (Å²) in [7, 11) is -2.05. The van der Waals surface area contributed by atoms with Gasteiger partial charge in [0.15, 0.2) is 0 Å². The molecule has 2 aliphatic heterocycles. The third-order valence-electron chi connectivity index (χ3n) is 5.14. The van der Waals surface area contributed by atoms with E-state index in [1.165, 1.54) is 33.3 Å². The number of ether oxygens (including phenoxy) is 1. The quantitative estimate of drug-likeness (QED) is 0.790. The summed E-state index contributed by atoms with van der Waals surface area (Å²) in [5, 5.41) is 2.94. The number of hydrogen-bond donors (Lipinski definition) is 1. The number of carbonyl (C=O) groups excluding carboxylic acids is 1. The summed E-state index contributed by atoms with van der Waals surface area (Å²) in [5.41, 5.74) is 0.998. The van der Waals surface area contributed by atoms with Gasteiger partial charge in [-0.05, 0) is 36.2 Å². The van der Waals surface area contributed by atoms with E-state index in [-0.39, 0.29) is 28.4 Å². The number of morpholine rings is 1. The minimum Gasteiger partial charge on any atom is -0.379 e. The second-order valence-corrected chi connectivity index (χ2v) is 10.1. The first kappa shape index (κ1) is 20.4. The van der Waals surface area contributed by atoms with E-state index in [0.717, 1.165) is 16.2 Å². The molecule has 0 spiro atoms. The standard InChI is InChI=1S/C19H22FN3O4S2/c1-22-12-14(29(25,26)23-5-7-27-8-6-23)11-17(22)19(24)21-16-4-9-28-18-3-2-13(20)10-15(16)18/h2-3,10-12,16H,4-9H2,1H3,(H,21,24)/t16-/m0/s1. The number of thioether (sulfide) groups is 1. The van der Waals surface area contributed by atoms with Crippen molar-refractivity contribution in [1.82, 2.24) is 14.2 Å². The van der Waals surface area contributed by atoms with Gasteiger partial charge in [-0.2, -0.15) is 4.31 Å². The van der Waals surface area contributed by atoms with Crippen LogP contribution in [0.3, 0.4) is 0 Å². The van der Waals surface area contributed by atoms with Crippen LogP contribution in [0.4, 0.5) is 4.39 Å². The zero-order valence-electron chi connectivity index (χ0n) is 15.9. The van der Waals surface area contributed by atoms with E-state index in [0.29, 0.717) is 32.7 Å². The monoisotopic (exact) mass is 439 g/mol.